The first-order valence-electron chi connectivity index (χ1n) is 9.02. The maximum atomic E-state index is 6.33. The second-order valence-electron chi connectivity index (χ2n) is 6.34. The van der Waals surface area contributed by atoms with Crippen molar-refractivity contribution in [2.45, 2.75) is 58.4 Å². The molecule has 0 spiro atoms. The van der Waals surface area contributed by atoms with E-state index in [2.05, 4.69) is 25.9 Å². The SMILES string of the molecule is [CH2]C(CCCC)c1cc(OCCCC)nn1Cc1ccc(Cl)cc1Cl. The van der Waals surface area contributed by atoms with E-state index in [1.165, 1.54) is 0 Å². The van der Waals surface area contributed by atoms with Gasteiger partial charge in [0, 0.05) is 27.7 Å². The molecule has 0 saturated heterocycles. The number of hydrogen-bond donors (Lipinski definition) is 0. The maximum absolute atomic E-state index is 6.33. The van der Waals surface area contributed by atoms with Gasteiger partial charge >= 0.3 is 0 Å². The summed E-state index contributed by atoms with van der Waals surface area (Å²) in [7, 11) is 0. The molecule has 0 saturated carbocycles. The summed E-state index contributed by atoms with van der Waals surface area (Å²) >= 11 is 12.3. The molecule has 0 aliphatic carbocycles. The third-order valence-electron chi connectivity index (χ3n) is 4.20. The molecule has 5 heteroatoms. The molecular weight excluding hydrogens is 355 g/mol. The van der Waals surface area contributed by atoms with Crippen molar-refractivity contribution >= 4 is 23.2 Å². The van der Waals surface area contributed by atoms with Gasteiger partial charge in [0.15, 0.2) is 0 Å². The van der Waals surface area contributed by atoms with E-state index in [1.807, 2.05) is 22.9 Å². The number of rotatable bonds is 10. The van der Waals surface area contributed by atoms with Gasteiger partial charge in [0.1, 0.15) is 0 Å². The van der Waals surface area contributed by atoms with Crippen molar-refractivity contribution in [3.63, 3.8) is 0 Å². The van der Waals surface area contributed by atoms with Crippen LogP contribution in [-0.4, -0.2) is 16.4 Å². The number of ether oxygens (including phenoxy) is 1. The van der Waals surface area contributed by atoms with Gasteiger partial charge in [-0.05, 0) is 37.5 Å². The lowest BCUT2D eigenvalue weighted by molar-refractivity contribution is 0.294. The molecule has 0 aliphatic rings. The lowest BCUT2D eigenvalue weighted by Crippen LogP contribution is -2.09. The summed E-state index contributed by atoms with van der Waals surface area (Å²) in [5.74, 6) is 0.848. The highest BCUT2D eigenvalue weighted by Crippen LogP contribution is 2.28. The Morgan fingerprint density at radius 2 is 1.92 bits per heavy atom. The fraction of sp³-hybridized carbons (Fsp3) is 0.500. The van der Waals surface area contributed by atoms with E-state index in [-0.39, 0.29) is 5.92 Å². The first kappa shape index (κ1) is 20.1. The number of nitrogens with zero attached hydrogens (tertiary/aromatic N) is 2. The summed E-state index contributed by atoms with van der Waals surface area (Å²) in [6, 6.07) is 7.58. The molecule has 1 radical (unpaired) electrons. The predicted octanol–water partition coefficient (Wildman–Crippen LogP) is 6.52. The highest BCUT2D eigenvalue weighted by atomic mass is 35.5. The lowest BCUT2D eigenvalue weighted by Gasteiger charge is -2.14. The highest BCUT2D eigenvalue weighted by molar-refractivity contribution is 6.35. The summed E-state index contributed by atoms with van der Waals surface area (Å²) in [6.45, 7) is 9.93. The second kappa shape index (κ2) is 10.1. The molecule has 0 amide bonds. The van der Waals surface area contributed by atoms with Crippen LogP contribution in [0.15, 0.2) is 24.3 Å². The normalized spacial score (nSPS) is 12.4. The molecule has 137 valence electrons. The fourth-order valence-corrected chi connectivity index (χ4v) is 3.13. The van der Waals surface area contributed by atoms with Crippen LogP contribution in [-0.2, 0) is 6.54 Å². The van der Waals surface area contributed by atoms with Gasteiger partial charge in [-0.25, -0.2) is 0 Å². The molecule has 1 heterocycles. The Labute approximate surface area is 161 Å². The Bertz CT molecular complexity index is 670. The number of halogens is 2. The van der Waals surface area contributed by atoms with Gasteiger partial charge in [-0.2, -0.15) is 0 Å². The van der Waals surface area contributed by atoms with E-state index in [1.54, 1.807) is 6.07 Å². The Morgan fingerprint density at radius 3 is 2.60 bits per heavy atom. The van der Waals surface area contributed by atoms with E-state index in [9.17, 15) is 0 Å². The lowest BCUT2D eigenvalue weighted by atomic mass is 10.0. The summed E-state index contributed by atoms with van der Waals surface area (Å²) in [5, 5.41) is 5.92. The zero-order valence-corrected chi connectivity index (χ0v) is 16.6. The Balaban J connectivity index is 2.22. The first-order valence-corrected chi connectivity index (χ1v) is 9.78. The van der Waals surface area contributed by atoms with Gasteiger partial charge in [-0.3, -0.25) is 4.68 Å². The van der Waals surface area contributed by atoms with Gasteiger partial charge in [0.25, 0.3) is 0 Å². The molecule has 1 atom stereocenters. The Morgan fingerprint density at radius 1 is 1.16 bits per heavy atom. The third kappa shape index (κ3) is 5.93. The fourth-order valence-electron chi connectivity index (χ4n) is 2.66. The molecule has 0 aliphatic heterocycles. The zero-order valence-electron chi connectivity index (χ0n) is 15.1. The number of hydrogen-bond acceptors (Lipinski definition) is 2. The van der Waals surface area contributed by atoms with Crippen LogP contribution in [0, 0.1) is 6.92 Å². The summed E-state index contributed by atoms with van der Waals surface area (Å²) in [4.78, 5) is 0. The first-order chi connectivity index (χ1) is 12.0. The van der Waals surface area contributed by atoms with Gasteiger partial charge in [-0.1, -0.05) is 62.4 Å². The van der Waals surface area contributed by atoms with Crippen molar-refractivity contribution in [2.24, 2.45) is 0 Å². The monoisotopic (exact) mass is 381 g/mol. The van der Waals surface area contributed by atoms with Crippen molar-refractivity contribution in [3.05, 3.63) is 52.5 Å². The standard InChI is InChI=1S/C20H27Cl2N2O/c1-4-6-8-15(3)19-13-20(25-11-7-5-2)23-24(19)14-16-9-10-17(21)12-18(16)22/h9-10,12-13,15H,3-8,11,14H2,1-2H3. The van der Waals surface area contributed by atoms with Crippen molar-refractivity contribution in [1.29, 1.82) is 0 Å². The van der Waals surface area contributed by atoms with E-state index >= 15 is 0 Å². The van der Waals surface area contributed by atoms with E-state index in [0.717, 1.165) is 43.4 Å². The molecule has 0 fully saturated rings. The molecule has 0 N–H and O–H groups in total. The van der Waals surface area contributed by atoms with Crippen LogP contribution >= 0.6 is 23.2 Å². The molecule has 0 bridgehead atoms. The molecule has 25 heavy (non-hydrogen) atoms. The Hall–Kier alpha value is -1.19. The van der Waals surface area contributed by atoms with Gasteiger partial charge < -0.3 is 4.74 Å². The van der Waals surface area contributed by atoms with Crippen LogP contribution in [0.25, 0.3) is 0 Å². The van der Waals surface area contributed by atoms with Crippen LogP contribution in [0.5, 0.6) is 5.88 Å². The van der Waals surface area contributed by atoms with E-state index < -0.39 is 0 Å². The quantitative estimate of drug-likeness (QED) is 0.437. The van der Waals surface area contributed by atoms with Crippen LogP contribution in [0.2, 0.25) is 10.0 Å². The van der Waals surface area contributed by atoms with Crippen molar-refractivity contribution in [3.8, 4) is 5.88 Å². The third-order valence-corrected chi connectivity index (χ3v) is 4.78. The minimum Gasteiger partial charge on any atom is -0.477 e. The molecule has 1 aromatic carbocycles. The Kier molecular flexibility index (Phi) is 8.11. The summed E-state index contributed by atoms with van der Waals surface area (Å²) < 4.78 is 7.76. The van der Waals surface area contributed by atoms with Crippen LogP contribution < -0.4 is 4.74 Å². The smallest absolute Gasteiger partial charge is 0.233 e. The van der Waals surface area contributed by atoms with Crippen LogP contribution in [0.1, 0.15) is 63.1 Å². The highest BCUT2D eigenvalue weighted by Gasteiger charge is 2.16. The molecule has 2 rings (SSSR count). The molecule has 3 nitrogen and oxygen atoms in total. The summed E-state index contributed by atoms with van der Waals surface area (Å²) in [5.41, 5.74) is 2.07. The largest absolute Gasteiger partial charge is 0.477 e. The van der Waals surface area contributed by atoms with Gasteiger partial charge in [0.05, 0.1) is 13.2 Å². The second-order valence-corrected chi connectivity index (χ2v) is 7.19. The minimum atomic E-state index is 0.182. The topological polar surface area (TPSA) is 27.1 Å². The number of unbranched alkanes of at least 4 members (excludes halogenated alkanes) is 2. The molecule has 1 unspecified atom stereocenters. The molecule has 2 aromatic rings. The predicted molar refractivity (Wildman–Crippen MR) is 106 cm³/mol. The minimum absolute atomic E-state index is 0.182. The molecule has 1 aromatic heterocycles. The average molecular weight is 382 g/mol. The maximum Gasteiger partial charge on any atom is 0.233 e. The van der Waals surface area contributed by atoms with Crippen LogP contribution in [0.3, 0.4) is 0 Å². The molecular formula is C20H27Cl2N2O. The number of benzene rings is 1. The van der Waals surface area contributed by atoms with E-state index in [4.69, 9.17) is 27.9 Å². The number of aromatic nitrogens is 2. The van der Waals surface area contributed by atoms with Gasteiger partial charge in [-0.15, -0.1) is 5.10 Å². The van der Waals surface area contributed by atoms with Crippen molar-refractivity contribution in [2.75, 3.05) is 6.61 Å². The van der Waals surface area contributed by atoms with Crippen molar-refractivity contribution < 1.29 is 4.74 Å². The van der Waals surface area contributed by atoms with Crippen molar-refractivity contribution in [1.82, 2.24) is 9.78 Å². The summed E-state index contributed by atoms with van der Waals surface area (Å²) in [6.07, 6.45) is 5.46. The zero-order chi connectivity index (χ0) is 18.2. The van der Waals surface area contributed by atoms with Crippen LogP contribution in [0.4, 0.5) is 0 Å². The van der Waals surface area contributed by atoms with E-state index in [0.29, 0.717) is 29.1 Å². The van der Waals surface area contributed by atoms with Gasteiger partial charge in [0.2, 0.25) is 5.88 Å². The average Bonchev–Trinajstić information content (AvgIpc) is 2.98.